The maximum atomic E-state index is 13.8. The third-order valence-corrected chi connectivity index (χ3v) is 3.96. The van der Waals surface area contributed by atoms with Gasteiger partial charge in [0.15, 0.2) is 0 Å². The van der Waals surface area contributed by atoms with E-state index in [2.05, 4.69) is 5.32 Å². The Bertz CT molecular complexity index is 1040. The smallest absolute Gasteiger partial charge is 0.266 e. The normalized spacial score (nSPS) is 10.8. The average molecular weight is 372 g/mol. The number of halogens is 1. The molecule has 0 spiro atoms. The minimum Gasteiger partial charge on any atom is -0.488 e. The number of carbonyl (C=O) groups excluding carboxylic acids is 1. The van der Waals surface area contributed by atoms with Crippen LogP contribution in [0.25, 0.3) is 6.08 Å². The van der Waals surface area contributed by atoms with E-state index in [4.69, 9.17) is 4.74 Å². The second-order valence-corrected chi connectivity index (χ2v) is 5.91. The summed E-state index contributed by atoms with van der Waals surface area (Å²) >= 11 is 0. The Labute approximate surface area is 162 Å². The van der Waals surface area contributed by atoms with Crippen LogP contribution in [0.4, 0.5) is 10.1 Å². The molecule has 0 saturated carbocycles. The molecule has 3 aromatic rings. The molecule has 138 valence electrons. The molecule has 3 aromatic carbocycles. The molecule has 0 aliphatic rings. The highest BCUT2D eigenvalue weighted by Gasteiger charge is 2.11. The summed E-state index contributed by atoms with van der Waals surface area (Å²) in [6.45, 7) is 0.0373. The number of hydrogen-bond donors (Lipinski definition) is 1. The van der Waals surface area contributed by atoms with Crippen molar-refractivity contribution in [2.24, 2.45) is 0 Å². The SMILES string of the molecule is N#C/C(=C\c1ccccc1OCc1ccccc1F)C(=O)Nc1ccccc1. The number of nitrogens with zero attached hydrogens (tertiary/aromatic N) is 1. The second-order valence-electron chi connectivity index (χ2n) is 5.91. The number of hydrogen-bond acceptors (Lipinski definition) is 3. The van der Waals surface area contributed by atoms with Gasteiger partial charge in [-0.3, -0.25) is 4.79 Å². The lowest BCUT2D eigenvalue weighted by atomic mass is 10.1. The van der Waals surface area contributed by atoms with Gasteiger partial charge in [0.1, 0.15) is 29.8 Å². The summed E-state index contributed by atoms with van der Waals surface area (Å²) in [6.07, 6.45) is 1.45. The van der Waals surface area contributed by atoms with Gasteiger partial charge in [-0.1, -0.05) is 54.6 Å². The second kappa shape index (κ2) is 9.15. The minimum atomic E-state index is -0.516. The molecule has 4 nitrogen and oxygen atoms in total. The van der Waals surface area contributed by atoms with Gasteiger partial charge in [-0.15, -0.1) is 0 Å². The molecular formula is C23H17FN2O2. The molecule has 0 radical (unpaired) electrons. The molecule has 0 bridgehead atoms. The Morgan fingerprint density at radius 3 is 2.43 bits per heavy atom. The fourth-order valence-corrected chi connectivity index (χ4v) is 2.53. The van der Waals surface area contributed by atoms with Crippen molar-refractivity contribution in [1.29, 1.82) is 5.26 Å². The molecule has 0 aliphatic heterocycles. The van der Waals surface area contributed by atoms with E-state index in [0.717, 1.165) is 0 Å². The van der Waals surface area contributed by atoms with E-state index in [-0.39, 0.29) is 18.0 Å². The summed E-state index contributed by atoms with van der Waals surface area (Å²) in [7, 11) is 0. The van der Waals surface area contributed by atoms with Crippen LogP contribution in [0.2, 0.25) is 0 Å². The highest BCUT2D eigenvalue weighted by atomic mass is 19.1. The van der Waals surface area contributed by atoms with E-state index in [1.807, 2.05) is 12.1 Å². The Kier molecular flexibility index (Phi) is 6.17. The standard InChI is InChI=1S/C23H17FN2O2/c24-21-12-6-4-9-18(21)16-28-22-13-7-5-8-17(22)14-19(15-25)23(27)26-20-10-2-1-3-11-20/h1-14H,16H2,(H,26,27)/b19-14+. The zero-order chi connectivity index (χ0) is 19.8. The van der Waals surface area contributed by atoms with Crippen LogP contribution in [-0.4, -0.2) is 5.91 Å². The van der Waals surface area contributed by atoms with Crippen LogP contribution < -0.4 is 10.1 Å². The van der Waals surface area contributed by atoms with Gasteiger partial charge in [-0.05, 0) is 30.3 Å². The summed E-state index contributed by atoms with van der Waals surface area (Å²) in [5, 5.41) is 12.1. The van der Waals surface area contributed by atoms with Crippen LogP contribution in [0.15, 0.2) is 84.4 Å². The number of carbonyl (C=O) groups is 1. The van der Waals surface area contributed by atoms with E-state index in [1.54, 1.807) is 66.7 Å². The first-order chi connectivity index (χ1) is 13.7. The van der Waals surface area contributed by atoms with Gasteiger partial charge >= 0.3 is 0 Å². The van der Waals surface area contributed by atoms with Crippen LogP contribution in [0.3, 0.4) is 0 Å². The van der Waals surface area contributed by atoms with Crippen LogP contribution in [0, 0.1) is 17.1 Å². The lowest BCUT2D eigenvalue weighted by Crippen LogP contribution is -2.13. The quantitative estimate of drug-likeness (QED) is 0.492. The van der Waals surface area contributed by atoms with E-state index in [9.17, 15) is 14.4 Å². The van der Waals surface area contributed by atoms with Gasteiger partial charge in [0.05, 0.1) is 0 Å². The monoisotopic (exact) mass is 372 g/mol. The summed E-state index contributed by atoms with van der Waals surface area (Å²) < 4.78 is 19.5. The van der Waals surface area contributed by atoms with E-state index >= 15 is 0 Å². The third kappa shape index (κ3) is 4.83. The Morgan fingerprint density at radius 1 is 1.00 bits per heavy atom. The molecule has 0 unspecified atom stereocenters. The Morgan fingerprint density at radius 2 is 1.68 bits per heavy atom. The lowest BCUT2D eigenvalue weighted by Gasteiger charge is -2.10. The number of nitrogens with one attached hydrogen (secondary N) is 1. The van der Waals surface area contributed by atoms with Gasteiger partial charge in [0, 0.05) is 16.8 Å². The molecule has 0 aliphatic carbocycles. The highest BCUT2D eigenvalue weighted by molar-refractivity contribution is 6.09. The number of ether oxygens (including phenoxy) is 1. The third-order valence-electron chi connectivity index (χ3n) is 3.96. The molecule has 0 aromatic heterocycles. The summed E-state index contributed by atoms with van der Waals surface area (Å²) in [5.74, 6) is -0.418. The van der Waals surface area contributed by atoms with Crippen molar-refractivity contribution < 1.29 is 13.9 Å². The molecule has 3 rings (SSSR count). The zero-order valence-electron chi connectivity index (χ0n) is 14.9. The molecule has 28 heavy (non-hydrogen) atoms. The van der Waals surface area contributed by atoms with Crippen LogP contribution in [-0.2, 0) is 11.4 Å². The predicted octanol–water partition coefficient (Wildman–Crippen LogP) is 4.95. The van der Waals surface area contributed by atoms with Crippen molar-refractivity contribution in [1.82, 2.24) is 0 Å². The zero-order valence-corrected chi connectivity index (χ0v) is 14.9. The first-order valence-electron chi connectivity index (χ1n) is 8.61. The van der Waals surface area contributed by atoms with Gasteiger partial charge < -0.3 is 10.1 Å². The fourth-order valence-electron chi connectivity index (χ4n) is 2.53. The molecule has 1 N–H and O–H groups in total. The predicted molar refractivity (Wildman–Crippen MR) is 106 cm³/mol. The largest absolute Gasteiger partial charge is 0.488 e. The minimum absolute atomic E-state index is 0.0373. The fraction of sp³-hybridized carbons (Fsp3) is 0.0435. The Hall–Kier alpha value is -3.91. The first kappa shape index (κ1) is 18.9. The van der Waals surface area contributed by atoms with Crippen molar-refractivity contribution >= 4 is 17.7 Å². The maximum Gasteiger partial charge on any atom is 0.266 e. The Balaban J connectivity index is 1.79. The number of anilines is 1. The molecule has 0 saturated heterocycles. The van der Waals surface area contributed by atoms with Gasteiger partial charge in [0.25, 0.3) is 5.91 Å². The molecule has 0 fully saturated rings. The van der Waals surface area contributed by atoms with Gasteiger partial charge in [0.2, 0.25) is 0 Å². The summed E-state index contributed by atoms with van der Waals surface area (Å²) in [4.78, 5) is 12.4. The van der Waals surface area contributed by atoms with Gasteiger partial charge in [-0.25, -0.2) is 4.39 Å². The van der Waals surface area contributed by atoms with E-state index in [0.29, 0.717) is 22.6 Å². The van der Waals surface area contributed by atoms with Crippen LogP contribution >= 0.6 is 0 Å². The van der Waals surface area contributed by atoms with Crippen molar-refractivity contribution in [2.45, 2.75) is 6.61 Å². The lowest BCUT2D eigenvalue weighted by molar-refractivity contribution is -0.112. The summed E-state index contributed by atoms with van der Waals surface area (Å²) in [6, 6.07) is 24.1. The first-order valence-corrected chi connectivity index (χ1v) is 8.61. The summed E-state index contributed by atoms with van der Waals surface area (Å²) in [5.41, 5.74) is 1.51. The van der Waals surface area contributed by atoms with E-state index < -0.39 is 5.91 Å². The van der Waals surface area contributed by atoms with Crippen LogP contribution in [0.5, 0.6) is 5.75 Å². The van der Waals surface area contributed by atoms with Gasteiger partial charge in [-0.2, -0.15) is 5.26 Å². The van der Waals surface area contributed by atoms with Crippen molar-refractivity contribution in [2.75, 3.05) is 5.32 Å². The highest BCUT2D eigenvalue weighted by Crippen LogP contribution is 2.23. The number of benzene rings is 3. The number of amides is 1. The van der Waals surface area contributed by atoms with Crippen LogP contribution in [0.1, 0.15) is 11.1 Å². The number of rotatable bonds is 6. The topological polar surface area (TPSA) is 62.1 Å². The molecule has 0 atom stereocenters. The van der Waals surface area contributed by atoms with Crippen molar-refractivity contribution in [3.05, 3.63) is 101 Å². The average Bonchev–Trinajstić information content (AvgIpc) is 2.73. The molecule has 1 amide bonds. The van der Waals surface area contributed by atoms with Crippen molar-refractivity contribution in [3.8, 4) is 11.8 Å². The molecular weight excluding hydrogens is 355 g/mol. The molecule has 5 heteroatoms. The molecule has 0 heterocycles. The van der Waals surface area contributed by atoms with E-state index in [1.165, 1.54) is 12.1 Å². The maximum absolute atomic E-state index is 13.8. The number of nitriles is 1. The number of para-hydroxylation sites is 2. The van der Waals surface area contributed by atoms with Crippen molar-refractivity contribution in [3.63, 3.8) is 0 Å².